The molecule has 0 aromatic carbocycles. The first-order valence-electron chi connectivity index (χ1n) is 15.4. The number of Topliss-reactive ketones (excluding diaryl/α,β-unsaturated/α-hetero) is 1. The normalized spacial score (nSPS) is 36.3. The molecule has 10 atom stereocenters. The van der Waals surface area contributed by atoms with Gasteiger partial charge in [-0.25, -0.2) is 18.9 Å². The molecule has 3 saturated carbocycles. The predicted molar refractivity (Wildman–Crippen MR) is 152 cm³/mol. The monoisotopic (exact) mass is 707 g/mol. The molecule has 276 valence electrons. The Labute approximate surface area is 278 Å². The van der Waals surface area contributed by atoms with Gasteiger partial charge in [0.2, 0.25) is 5.78 Å². The average molecular weight is 708 g/mol. The van der Waals surface area contributed by atoms with Crippen LogP contribution in [0.5, 0.6) is 0 Å². The maximum atomic E-state index is 17.2. The number of carbonyl (C=O) groups is 4. The number of nitrogens with two attached hydrogens (primary N) is 1. The van der Waals surface area contributed by atoms with E-state index in [4.69, 9.17) is 40.8 Å². The quantitative estimate of drug-likeness (QED) is 0.0829. The molecule has 20 heteroatoms. The molecular formula is C29H42FN3O16. The summed E-state index contributed by atoms with van der Waals surface area (Å²) in [4.78, 5) is 58.6. The topological polar surface area (TPSA) is 289 Å². The van der Waals surface area contributed by atoms with Gasteiger partial charge in [0, 0.05) is 23.2 Å². The van der Waals surface area contributed by atoms with E-state index in [9.17, 15) is 34.5 Å². The summed E-state index contributed by atoms with van der Waals surface area (Å²) in [6, 6.07) is -1.63. The number of aliphatic hydroxyl groups is 3. The Balaban J connectivity index is 1.32. The molecule has 49 heavy (non-hydrogen) atoms. The van der Waals surface area contributed by atoms with Crippen LogP contribution in [0.1, 0.15) is 46.0 Å². The van der Waals surface area contributed by atoms with Gasteiger partial charge in [-0.3, -0.25) is 35.2 Å². The number of fused-ring (bicyclic) bond motifs is 5. The van der Waals surface area contributed by atoms with Gasteiger partial charge in [-0.15, -0.1) is 0 Å². The number of nitrogens with zero attached hydrogens (tertiary/aromatic N) is 2. The Kier molecular flexibility index (Phi) is 11.6. The van der Waals surface area contributed by atoms with Gasteiger partial charge >= 0.3 is 12.1 Å². The van der Waals surface area contributed by atoms with E-state index in [0.29, 0.717) is 12.0 Å². The van der Waals surface area contributed by atoms with Crippen molar-refractivity contribution < 1.29 is 83.6 Å². The van der Waals surface area contributed by atoms with E-state index in [2.05, 4.69) is 9.68 Å². The number of allylic oxidation sites excluding steroid dienone is 4. The third-order valence-electron chi connectivity index (χ3n) is 10.6. The number of aliphatic hydroxyl groups excluding tert-OH is 2. The van der Waals surface area contributed by atoms with Gasteiger partial charge in [0.15, 0.2) is 23.7 Å². The molecule has 3 fully saturated rings. The summed E-state index contributed by atoms with van der Waals surface area (Å²) in [6.07, 6.45) is -2.23. The van der Waals surface area contributed by atoms with E-state index in [1.807, 2.05) is 0 Å². The Morgan fingerprint density at radius 2 is 1.73 bits per heavy atom. The molecule has 4 aliphatic carbocycles. The molecule has 0 aromatic rings. The molecule has 0 saturated heterocycles. The van der Waals surface area contributed by atoms with E-state index >= 15 is 4.39 Å². The van der Waals surface area contributed by atoms with E-state index < -0.39 is 120 Å². The number of rotatable bonds is 14. The molecule has 0 bridgehead atoms. The van der Waals surface area contributed by atoms with Crippen LogP contribution < -0.4 is 5.73 Å². The maximum absolute atomic E-state index is 17.2. The number of hydrogen-bond acceptors (Lipinski definition) is 19. The lowest BCUT2D eigenvalue weighted by Gasteiger charge is -2.62. The van der Waals surface area contributed by atoms with Crippen LogP contribution in [0.2, 0.25) is 0 Å². The minimum Gasteiger partial charge on any atom is -0.456 e. The van der Waals surface area contributed by atoms with E-state index in [1.165, 1.54) is 25.2 Å². The van der Waals surface area contributed by atoms with Crippen molar-refractivity contribution in [3.05, 3.63) is 23.8 Å². The molecule has 4 aliphatic rings. The van der Waals surface area contributed by atoms with Crippen LogP contribution in [0.4, 0.5) is 9.18 Å². The van der Waals surface area contributed by atoms with Crippen molar-refractivity contribution in [2.24, 2.45) is 28.4 Å². The second-order valence-electron chi connectivity index (χ2n) is 13.1. The van der Waals surface area contributed by atoms with Crippen molar-refractivity contribution in [1.29, 1.82) is 0 Å². The van der Waals surface area contributed by atoms with Crippen LogP contribution in [0, 0.1) is 22.7 Å². The number of carbonyl (C=O) groups excluding carboxylic acids is 4. The average Bonchev–Trinajstić information content (AvgIpc) is 3.23. The number of ketones is 2. The van der Waals surface area contributed by atoms with Crippen molar-refractivity contribution in [1.82, 2.24) is 10.8 Å². The molecule has 0 spiro atoms. The summed E-state index contributed by atoms with van der Waals surface area (Å²) in [7, 11) is 0. The van der Waals surface area contributed by atoms with Crippen LogP contribution in [0.3, 0.4) is 0 Å². The maximum Gasteiger partial charge on any atom is 0.508 e. The summed E-state index contributed by atoms with van der Waals surface area (Å²) in [5.74, 6) is -4.29. The minimum atomic E-state index is -2.54. The van der Waals surface area contributed by atoms with Gasteiger partial charge in [0.1, 0.15) is 25.4 Å². The highest BCUT2D eigenvalue weighted by molar-refractivity contribution is 6.01. The van der Waals surface area contributed by atoms with Gasteiger partial charge in [-0.1, -0.05) is 18.6 Å². The van der Waals surface area contributed by atoms with Crippen LogP contribution in [-0.2, 0) is 38.3 Å². The van der Waals surface area contributed by atoms with Gasteiger partial charge in [-0.05, 0) is 50.7 Å². The minimum absolute atomic E-state index is 0.178. The van der Waals surface area contributed by atoms with Crippen molar-refractivity contribution in [3.8, 4) is 0 Å². The standard InChI is InChI=1S/C29H42FN3O16/c1-26-7-5-16(34)9-15(26)3-4-18-19-10-21(35)29(40,27(19,2)11-22(36)28(18,26)30)23(37)14-46-24(38)20(31)13-47-25(39)45-8-6-17(49-33(43)44)12-48-32(41)42/h5,7,9,17-22,35-36,40-44H,3-4,6,8,10-14,31H2,1-2H3/t17?,18-,19-,20?,21+,22-,26-,27-,28-,29-/m0/s1. The second kappa shape index (κ2) is 14.7. The van der Waals surface area contributed by atoms with Crippen LogP contribution in [0.25, 0.3) is 0 Å². The third kappa shape index (κ3) is 7.14. The van der Waals surface area contributed by atoms with Crippen LogP contribution >= 0.6 is 0 Å². The second-order valence-corrected chi connectivity index (χ2v) is 13.1. The smallest absolute Gasteiger partial charge is 0.456 e. The lowest BCUT2D eigenvalue weighted by atomic mass is 9.44. The molecule has 0 aromatic heterocycles. The van der Waals surface area contributed by atoms with Crippen molar-refractivity contribution >= 4 is 23.7 Å². The molecule has 9 N–H and O–H groups in total. The Morgan fingerprint density at radius 3 is 2.39 bits per heavy atom. The fourth-order valence-corrected chi connectivity index (χ4v) is 8.07. The number of esters is 1. The SMILES string of the molecule is C[C@]12C=CC(=O)C=C1CC[C@H]1[C@@H]3C[C@@H](O)[C@](O)(C(=O)COC(=O)C(N)COC(=O)OCCC(CON(O)O)ON(O)O)[C@@]3(C)C[C@H](O)[C@@]12F. The molecular weight excluding hydrogens is 665 g/mol. The molecule has 19 nitrogen and oxygen atoms in total. The first-order valence-corrected chi connectivity index (χ1v) is 15.4. The van der Waals surface area contributed by atoms with E-state index in [0.717, 1.165) is 0 Å². The molecule has 0 aliphatic heterocycles. The van der Waals surface area contributed by atoms with E-state index in [-0.39, 0.29) is 25.0 Å². The van der Waals surface area contributed by atoms with Crippen molar-refractivity contribution in [2.45, 2.75) is 81.6 Å². The van der Waals surface area contributed by atoms with Gasteiger partial charge in [-0.2, -0.15) is 0 Å². The molecule has 2 unspecified atom stereocenters. The molecule has 0 heterocycles. The zero-order chi connectivity index (χ0) is 36.5. The van der Waals surface area contributed by atoms with Crippen LogP contribution in [-0.4, -0.2) is 133 Å². The summed E-state index contributed by atoms with van der Waals surface area (Å²) < 4.78 is 31.7. The predicted octanol–water partition coefficient (Wildman–Crippen LogP) is -0.565. The fourth-order valence-electron chi connectivity index (χ4n) is 8.07. The summed E-state index contributed by atoms with van der Waals surface area (Å²) >= 11 is 0. The first kappa shape index (κ1) is 38.8. The summed E-state index contributed by atoms with van der Waals surface area (Å²) in [5.41, 5.74) is -1.43. The summed E-state index contributed by atoms with van der Waals surface area (Å²) in [6.45, 7) is 0.145. The molecule has 0 amide bonds. The van der Waals surface area contributed by atoms with E-state index in [1.54, 1.807) is 6.92 Å². The number of ether oxygens (including phenoxy) is 3. The lowest BCUT2D eigenvalue weighted by Crippen LogP contribution is -2.69. The third-order valence-corrected chi connectivity index (χ3v) is 10.6. The number of halogens is 1. The van der Waals surface area contributed by atoms with Gasteiger partial charge < -0.3 is 35.3 Å². The number of hydrogen-bond donors (Lipinski definition) is 8. The number of alkyl halides is 1. The van der Waals surface area contributed by atoms with Crippen LogP contribution in [0.15, 0.2) is 23.8 Å². The van der Waals surface area contributed by atoms with Gasteiger partial charge in [0.05, 0.1) is 29.6 Å². The molecule has 0 radical (unpaired) electrons. The highest BCUT2D eigenvalue weighted by Gasteiger charge is 2.76. The zero-order valence-corrected chi connectivity index (χ0v) is 26.7. The largest absolute Gasteiger partial charge is 0.508 e. The fraction of sp³-hybridized carbons (Fsp3) is 0.724. The van der Waals surface area contributed by atoms with Crippen molar-refractivity contribution in [2.75, 3.05) is 26.4 Å². The highest BCUT2D eigenvalue weighted by Crippen LogP contribution is 2.69. The van der Waals surface area contributed by atoms with Gasteiger partial charge in [0.25, 0.3) is 0 Å². The first-order chi connectivity index (χ1) is 22.8. The zero-order valence-electron chi connectivity index (χ0n) is 26.7. The van der Waals surface area contributed by atoms with Crippen molar-refractivity contribution in [3.63, 3.8) is 0 Å². The highest BCUT2D eigenvalue weighted by atomic mass is 19.1. The summed E-state index contributed by atoms with van der Waals surface area (Å²) in [5, 5.41) is 67.5. The lowest BCUT2D eigenvalue weighted by molar-refractivity contribution is -0.527. The Bertz CT molecular complexity index is 1350. The Morgan fingerprint density at radius 1 is 1.04 bits per heavy atom. The Hall–Kier alpha value is -2.99. The molecule has 4 rings (SSSR count).